The second kappa shape index (κ2) is 9.21. The van der Waals surface area contributed by atoms with Crippen LogP contribution in [0.15, 0.2) is 48.5 Å². The number of anilines is 2. The number of carbonyl (C=O) groups excluding carboxylic acids is 2. The van der Waals surface area contributed by atoms with Gasteiger partial charge in [-0.3, -0.25) is 24.0 Å². The van der Waals surface area contributed by atoms with Crippen molar-refractivity contribution in [3.63, 3.8) is 0 Å². The minimum Gasteiger partial charge on any atom is -0.497 e. The number of morpholine rings is 1. The Morgan fingerprint density at radius 2 is 1.88 bits per heavy atom. The third-order valence-electron chi connectivity index (χ3n) is 6.18. The molecule has 172 valence electrons. The Hall–Kier alpha value is -3.43. The molecule has 5 rings (SSSR count). The van der Waals surface area contributed by atoms with Crippen LogP contribution in [0.25, 0.3) is 11.0 Å². The molecule has 3 aromatic rings. The van der Waals surface area contributed by atoms with Gasteiger partial charge in [-0.2, -0.15) is 0 Å². The molecule has 1 atom stereocenters. The van der Waals surface area contributed by atoms with Gasteiger partial charge >= 0.3 is 0 Å². The summed E-state index contributed by atoms with van der Waals surface area (Å²) in [6.45, 7) is 4.39. The highest BCUT2D eigenvalue weighted by Crippen LogP contribution is 2.36. The van der Waals surface area contributed by atoms with Gasteiger partial charge in [0.25, 0.3) is 5.91 Å². The lowest BCUT2D eigenvalue weighted by molar-refractivity contribution is -0.124. The van der Waals surface area contributed by atoms with E-state index in [1.807, 2.05) is 28.8 Å². The number of methoxy groups -OCH3 is 1. The summed E-state index contributed by atoms with van der Waals surface area (Å²) in [4.78, 5) is 35.1. The van der Waals surface area contributed by atoms with Crippen molar-refractivity contribution < 1.29 is 19.1 Å². The summed E-state index contributed by atoms with van der Waals surface area (Å²) in [5.41, 5.74) is 2.33. The number of carbonyl (C=O) groups is 2. The first-order chi connectivity index (χ1) is 16.1. The van der Waals surface area contributed by atoms with Crippen LogP contribution in [0.2, 0.25) is 0 Å². The molecule has 9 heteroatoms. The van der Waals surface area contributed by atoms with Crippen molar-refractivity contribution in [2.45, 2.75) is 12.5 Å². The normalized spacial score (nSPS) is 18.5. The zero-order valence-corrected chi connectivity index (χ0v) is 18.6. The number of fused-ring (bicyclic) bond motifs is 3. The van der Waals surface area contributed by atoms with Crippen molar-refractivity contribution in [2.75, 3.05) is 56.7 Å². The summed E-state index contributed by atoms with van der Waals surface area (Å²) < 4.78 is 12.5. The van der Waals surface area contributed by atoms with Gasteiger partial charge in [0.15, 0.2) is 0 Å². The van der Waals surface area contributed by atoms with Crippen LogP contribution in [0, 0.1) is 0 Å². The van der Waals surface area contributed by atoms with E-state index >= 15 is 0 Å². The first-order valence-corrected chi connectivity index (χ1v) is 11.2. The molecule has 0 bridgehead atoms. The van der Waals surface area contributed by atoms with Crippen molar-refractivity contribution in [2.24, 2.45) is 0 Å². The smallest absolute Gasteiger partial charge is 0.253 e. The Kier molecular flexibility index (Phi) is 5.97. The fourth-order valence-corrected chi connectivity index (χ4v) is 4.44. The molecule has 1 N–H and O–H groups in total. The second-order valence-corrected chi connectivity index (χ2v) is 8.21. The minimum atomic E-state index is -0.629. The van der Waals surface area contributed by atoms with E-state index in [2.05, 4.69) is 10.2 Å². The van der Waals surface area contributed by atoms with Crippen LogP contribution < -0.4 is 15.0 Å². The number of rotatable bonds is 7. The zero-order valence-electron chi connectivity index (χ0n) is 18.6. The molecule has 1 aromatic heterocycles. The first-order valence-electron chi connectivity index (χ1n) is 11.2. The molecule has 1 saturated heterocycles. The highest BCUT2D eigenvalue weighted by molar-refractivity contribution is 6.05. The summed E-state index contributed by atoms with van der Waals surface area (Å²) in [5.74, 6) is 1.000. The largest absolute Gasteiger partial charge is 0.497 e. The molecule has 1 fully saturated rings. The molecule has 0 spiro atoms. The Morgan fingerprint density at radius 1 is 1.12 bits per heavy atom. The van der Waals surface area contributed by atoms with Crippen molar-refractivity contribution in [3.05, 3.63) is 48.5 Å². The van der Waals surface area contributed by atoms with Gasteiger partial charge in [0.2, 0.25) is 11.9 Å². The molecule has 33 heavy (non-hydrogen) atoms. The molecular formula is C24H27N5O4. The van der Waals surface area contributed by atoms with Gasteiger partial charge in [-0.05, 0) is 36.4 Å². The van der Waals surface area contributed by atoms with Crippen LogP contribution >= 0.6 is 0 Å². The van der Waals surface area contributed by atoms with E-state index < -0.39 is 6.04 Å². The quantitative estimate of drug-likeness (QED) is 0.596. The number of amides is 2. The Bertz CT molecular complexity index is 1150. The topological polar surface area (TPSA) is 88.9 Å². The van der Waals surface area contributed by atoms with E-state index in [9.17, 15) is 9.59 Å². The molecule has 0 radical (unpaired) electrons. The Balaban J connectivity index is 1.36. The average molecular weight is 450 g/mol. The number of para-hydroxylation sites is 2. The van der Waals surface area contributed by atoms with Crippen LogP contribution in [0.5, 0.6) is 5.75 Å². The third-order valence-corrected chi connectivity index (χ3v) is 6.18. The summed E-state index contributed by atoms with van der Waals surface area (Å²) in [5, 5.41) is 2.89. The van der Waals surface area contributed by atoms with Crippen molar-refractivity contribution in [1.29, 1.82) is 0 Å². The molecule has 9 nitrogen and oxygen atoms in total. The standard InChI is InChI=1S/C24H27N5O4/c1-32-18-8-6-17(7-9-18)25-22(30)16-21-23(31)28(11-10-27-12-14-33-15-13-27)24-26-19-4-2-3-5-20(19)29(21)24/h2-9,21H,10-16H2,1H3,(H,25,30)/t21-/m1/s1. The lowest BCUT2D eigenvalue weighted by Crippen LogP contribution is -2.42. The van der Waals surface area contributed by atoms with Crippen LogP contribution in [0.3, 0.4) is 0 Å². The molecular weight excluding hydrogens is 422 g/mol. The van der Waals surface area contributed by atoms with E-state index in [1.54, 1.807) is 36.3 Å². The summed E-state index contributed by atoms with van der Waals surface area (Å²) in [6.07, 6.45) is 0.0340. The van der Waals surface area contributed by atoms with Crippen LogP contribution in [0.4, 0.5) is 11.6 Å². The van der Waals surface area contributed by atoms with E-state index in [4.69, 9.17) is 14.5 Å². The lowest BCUT2D eigenvalue weighted by Gasteiger charge is -2.28. The maximum absolute atomic E-state index is 13.4. The third kappa shape index (κ3) is 4.29. The number of ether oxygens (including phenoxy) is 2. The predicted octanol–water partition coefficient (Wildman–Crippen LogP) is 2.29. The minimum absolute atomic E-state index is 0.0340. The molecule has 0 unspecified atom stereocenters. The van der Waals surface area contributed by atoms with E-state index in [-0.39, 0.29) is 18.2 Å². The van der Waals surface area contributed by atoms with Gasteiger partial charge < -0.3 is 14.8 Å². The maximum atomic E-state index is 13.4. The number of nitrogens with zero attached hydrogens (tertiary/aromatic N) is 4. The van der Waals surface area contributed by atoms with Gasteiger partial charge in [-0.15, -0.1) is 0 Å². The molecule has 2 aliphatic rings. The van der Waals surface area contributed by atoms with E-state index in [1.165, 1.54) is 0 Å². The maximum Gasteiger partial charge on any atom is 0.253 e. The van der Waals surface area contributed by atoms with Crippen LogP contribution in [-0.4, -0.2) is 72.8 Å². The van der Waals surface area contributed by atoms with Crippen LogP contribution in [0.1, 0.15) is 12.5 Å². The van der Waals surface area contributed by atoms with E-state index in [0.29, 0.717) is 37.1 Å². The number of hydrogen-bond acceptors (Lipinski definition) is 6. The Labute approximate surface area is 191 Å². The molecule has 2 aliphatic heterocycles. The summed E-state index contributed by atoms with van der Waals surface area (Å²) >= 11 is 0. The monoisotopic (exact) mass is 449 g/mol. The fraction of sp³-hybridized carbons (Fsp3) is 0.375. The SMILES string of the molecule is COc1ccc(NC(=O)C[C@@H]2C(=O)N(CCN3CCOCC3)c3nc4ccccc4n32)cc1. The van der Waals surface area contributed by atoms with Gasteiger partial charge in [-0.1, -0.05) is 12.1 Å². The number of hydrogen-bond donors (Lipinski definition) is 1. The van der Waals surface area contributed by atoms with Crippen molar-refractivity contribution >= 4 is 34.5 Å². The summed E-state index contributed by atoms with van der Waals surface area (Å²) in [6, 6.07) is 14.2. The van der Waals surface area contributed by atoms with Crippen molar-refractivity contribution in [3.8, 4) is 5.75 Å². The van der Waals surface area contributed by atoms with Crippen molar-refractivity contribution in [1.82, 2.24) is 14.5 Å². The van der Waals surface area contributed by atoms with Gasteiger partial charge in [0.05, 0.1) is 37.8 Å². The van der Waals surface area contributed by atoms with Gasteiger partial charge in [0.1, 0.15) is 11.8 Å². The fourth-order valence-electron chi connectivity index (χ4n) is 4.44. The molecule has 0 saturated carbocycles. The molecule has 0 aliphatic carbocycles. The number of aromatic nitrogens is 2. The number of imidazole rings is 1. The Morgan fingerprint density at radius 3 is 2.64 bits per heavy atom. The first kappa shape index (κ1) is 21.4. The predicted molar refractivity (Wildman–Crippen MR) is 125 cm³/mol. The molecule has 2 amide bonds. The molecule has 2 aromatic carbocycles. The lowest BCUT2D eigenvalue weighted by atomic mass is 10.1. The summed E-state index contributed by atoms with van der Waals surface area (Å²) in [7, 11) is 1.59. The number of nitrogens with one attached hydrogen (secondary N) is 1. The van der Waals surface area contributed by atoms with Crippen LogP contribution in [-0.2, 0) is 14.3 Å². The van der Waals surface area contributed by atoms with Gasteiger partial charge in [-0.25, -0.2) is 4.98 Å². The zero-order chi connectivity index (χ0) is 22.8. The number of benzene rings is 2. The molecule has 3 heterocycles. The highest BCUT2D eigenvalue weighted by atomic mass is 16.5. The van der Waals surface area contributed by atoms with E-state index in [0.717, 1.165) is 30.7 Å². The van der Waals surface area contributed by atoms with Gasteiger partial charge in [0, 0.05) is 31.9 Å². The average Bonchev–Trinajstić information content (AvgIpc) is 3.33. The highest BCUT2D eigenvalue weighted by Gasteiger charge is 2.40. The second-order valence-electron chi connectivity index (χ2n) is 8.21.